The molecular weight excluding hydrogens is 414 g/mol. The van der Waals surface area contributed by atoms with E-state index in [1.165, 1.54) is 0 Å². The predicted octanol–water partition coefficient (Wildman–Crippen LogP) is 6.04. The zero-order valence-electron chi connectivity index (χ0n) is 16.7. The monoisotopic (exact) mass is 441 g/mol. The number of hydrogen-bond acceptors (Lipinski definition) is 2. The van der Waals surface area contributed by atoms with Gasteiger partial charge in [-0.25, -0.2) is 4.98 Å². The number of aromatic nitrogens is 2. The van der Waals surface area contributed by atoms with Crippen molar-refractivity contribution < 1.29 is 4.79 Å². The predicted molar refractivity (Wildman–Crippen MR) is 118 cm³/mol. The van der Waals surface area contributed by atoms with Gasteiger partial charge in [0.2, 0.25) is 0 Å². The van der Waals surface area contributed by atoms with Crippen molar-refractivity contribution in [3.63, 3.8) is 0 Å². The molecule has 0 aliphatic rings. The van der Waals surface area contributed by atoms with E-state index >= 15 is 0 Å². The number of para-hydroxylation sites is 2. The minimum absolute atomic E-state index is 0.0625. The minimum atomic E-state index is 0.0625. The van der Waals surface area contributed by atoms with Gasteiger partial charge in [-0.1, -0.05) is 60.8 Å². The smallest absolute Gasteiger partial charge is 0.254 e. The summed E-state index contributed by atoms with van der Waals surface area (Å²) in [6, 6.07) is 15.8. The van der Waals surface area contributed by atoms with Crippen LogP contribution < -0.4 is 0 Å². The van der Waals surface area contributed by atoms with E-state index in [1.807, 2.05) is 47.4 Å². The zero-order valence-corrected chi connectivity index (χ0v) is 18.3. The van der Waals surface area contributed by atoms with Crippen molar-refractivity contribution in [1.29, 1.82) is 0 Å². The van der Waals surface area contributed by atoms with Gasteiger partial charge in [0.15, 0.2) is 0 Å². The number of aryl methyl sites for hydroxylation is 1. The van der Waals surface area contributed by atoms with Crippen LogP contribution in [-0.4, -0.2) is 26.9 Å². The van der Waals surface area contributed by atoms with Crippen LogP contribution in [0.2, 0.25) is 0 Å². The topological polar surface area (TPSA) is 38.1 Å². The third kappa shape index (κ3) is 4.82. The first-order valence-corrected chi connectivity index (χ1v) is 10.9. The van der Waals surface area contributed by atoms with E-state index in [2.05, 4.69) is 40.4 Å². The molecule has 28 heavy (non-hydrogen) atoms. The highest BCUT2D eigenvalue weighted by Crippen LogP contribution is 2.20. The molecule has 3 aromatic rings. The molecule has 3 rings (SSSR count). The number of nitrogens with zero attached hydrogens (tertiary/aromatic N) is 3. The van der Waals surface area contributed by atoms with Crippen LogP contribution in [0.15, 0.2) is 53.0 Å². The number of rotatable bonds is 9. The summed E-state index contributed by atoms with van der Waals surface area (Å²) in [6.45, 7) is 6.54. The van der Waals surface area contributed by atoms with Gasteiger partial charge in [-0.3, -0.25) is 4.79 Å². The first-order valence-electron chi connectivity index (χ1n) is 10.1. The van der Waals surface area contributed by atoms with Crippen LogP contribution >= 0.6 is 15.9 Å². The van der Waals surface area contributed by atoms with Gasteiger partial charge in [0, 0.05) is 23.1 Å². The van der Waals surface area contributed by atoms with Crippen LogP contribution in [0.4, 0.5) is 0 Å². The second kappa shape index (κ2) is 9.87. The van der Waals surface area contributed by atoms with Crippen molar-refractivity contribution in [2.75, 3.05) is 6.54 Å². The van der Waals surface area contributed by atoms with Crippen LogP contribution in [0, 0.1) is 0 Å². The summed E-state index contributed by atoms with van der Waals surface area (Å²) in [5.74, 6) is 1.02. The lowest BCUT2D eigenvalue weighted by Gasteiger charge is -2.23. The van der Waals surface area contributed by atoms with Crippen LogP contribution in [0.3, 0.4) is 0 Å². The lowest BCUT2D eigenvalue weighted by molar-refractivity contribution is 0.0734. The van der Waals surface area contributed by atoms with Crippen LogP contribution in [-0.2, 0) is 13.1 Å². The molecule has 0 fully saturated rings. The number of carbonyl (C=O) groups excluding carboxylic acids is 1. The Labute approximate surface area is 175 Å². The highest BCUT2D eigenvalue weighted by Gasteiger charge is 2.20. The normalized spacial score (nSPS) is 11.1. The second-order valence-corrected chi connectivity index (χ2v) is 8.03. The number of benzene rings is 2. The molecule has 0 bridgehead atoms. The Bertz CT molecular complexity index is 934. The quantitative estimate of drug-likeness (QED) is 0.379. The van der Waals surface area contributed by atoms with E-state index in [1.54, 1.807) is 0 Å². The number of unbranched alkanes of at least 4 members (excludes halogenated alkanes) is 2. The molecule has 0 saturated carbocycles. The number of fused-ring (bicyclic) bond motifs is 1. The minimum Gasteiger partial charge on any atom is -0.331 e. The van der Waals surface area contributed by atoms with Crippen molar-refractivity contribution in [3.05, 3.63) is 64.4 Å². The van der Waals surface area contributed by atoms with Crippen molar-refractivity contribution in [3.8, 4) is 0 Å². The van der Waals surface area contributed by atoms with E-state index in [-0.39, 0.29) is 5.91 Å². The Balaban J connectivity index is 1.92. The Morgan fingerprint density at radius 1 is 1.07 bits per heavy atom. The van der Waals surface area contributed by atoms with Crippen molar-refractivity contribution in [2.45, 2.75) is 52.6 Å². The van der Waals surface area contributed by atoms with Gasteiger partial charge in [0.1, 0.15) is 5.82 Å². The van der Waals surface area contributed by atoms with E-state index in [4.69, 9.17) is 4.98 Å². The molecule has 0 spiro atoms. The molecule has 148 valence electrons. The molecule has 0 radical (unpaired) electrons. The summed E-state index contributed by atoms with van der Waals surface area (Å²) in [4.78, 5) is 20.1. The summed E-state index contributed by atoms with van der Waals surface area (Å²) < 4.78 is 3.18. The Kier molecular flexibility index (Phi) is 7.26. The lowest BCUT2D eigenvalue weighted by atomic mass is 10.1. The number of hydrogen-bond donors (Lipinski definition) is 0. The highest BCUT2D eigenvalue weighted by atomic mass is 79.9. The lowest BCUT2D eigenvalue weighted by Crippen LogP contribution is -2.32. The summed E-state index contributed by atoms with van der Waals surface area (Å²) in [6.07, 6.45) is 4.29. The van der Waals surface area contributed by atoms with E-state index in [0.717, 1.165) is 60.1 Å². The first kappa shape index (κ1) is 20.6. The van der Waals surface area contributed by atoms with E-state index in [9.17, 15) is 4.79 Å². The average Bonchev–Trinajstić information content (AvgIpc) is 3.04. The van der Waals surface area contributed by atoms with E-state index < -0.39 is 0 Å². The van der Waals surface area contributed by atoms with Crippen LogP contribution in [0.1, 0.15) is 55.7 Å². The fraction of sp³-hybridized carbons (Fsp3) is 0.391. The largest absolute Gasteiger partial charge is 0.331 e. The molecule has 0 atom stereocenters. The molecule has 0 aliphatic heterocycles. The number of halogens is 1. The molecule has 1 heterocycles. The van der Waals surface area contributed by atoms with Crippen LogP contribution in [0.25, 0.3) is 11.0 Å². The van der Waals surface area contributed by atoms with Gasteiger partial charge < -0.3 is 9.47 Å². The molecule has 0 saturated heterocycles. The molecular formula is C23H28BrN3O. The summed E-state index contributed by atoms with van der Waals surface area (Å²) in [5.41, 5.74) is 2.85. The molecule has 0 aliphatic carbocycles. The maximum absolute atomic E-state index is 13.2. The van der Waals surface area contributed by atoms with Gasteiger partial charge in [-0.2, -0.15) is 0 Å². The number of carbonyl (C=O) groups is 1. The Morgan fingerprint density at radius 2 is 1.89 bits per heavy atom. The van der Waals surface area contributed by atoms with Gasteiger partial charge in [0.05, 0.1) is 17.6 Å². The van der Waals surface area contributed by atoms with Crippen molar-refractivity contribution >= 4 is 32.9 Å². The molecule has 5 heteroatoms. The fourth-order valence-electron chi connectivity index (χ4n) is 3.50. The van der Waals surface area contributed by atoms with Gasteiger partial charge in [-0.05, 0) is 43.2 Å². The Hall–Kier alpha value is -2.14. The molecule has 1 amide bonds. The molecule has 0 N–H and O–H groups in total. The third-order valence-corrected chi connectivity index (χ3v) is 5.40. The first-order chi connectivity index (χ1) is 13.6. The Morgan fingerprint density at radius 3 is 2.64 bits per heavy atom. The standard InChI is InChI=1S/C23H28BrN3O/c1-3-5-8-15-26(23(28)18-10-9-11-19(24)16-18)17-22-25-20-12-6-7-13-21(20)27(22)14-4-2/h6-7,9-13,16H,3-5,8,14-15,17H2,1-2H3. The van der Waals surface area contributed by atoms with Crippen molar-refractivity contribution in [2.24, 2.45) is 0 Å². The number of imidazole rings is 1. The second-order valence-electron chi connectivity index (χ2n) is 7.11. The SMILES string of the molecule is CCCCCN(Cc1nc2ccccc2n1CCC)C(=O)c1cccc(Br)c1. The molecule has 2 aromatic carbocycles. The highest BCUT2D eigenvalue weighted by molar-refractivity contribution is 9.10. The van der Waals surface area contributed by atoms with Crippen molar-refractivity contribution in [1.82, 2.24) is 14.5 Å². The average molecular weight is 442 g/mol. The van der Waals surface area contributed by atoms with Gasteiger partial charge in [-0.15, -0.1) is 0 Å². The number of amides is 1. The maximum atomic E-state index is 13.2. The summed E-state index contributed by atoms with van der Waals surface area (Å²) >= 11 is 3.48. The maximum Gasteiger partial charge on any atom is 0.254 e. The zero-order chi connectivity index (χ0) is 19.9. The summed E-state index contributed by atoms with van der Waals surface area (Å²) in [5, 5.41) is 0. The summed E-state index contributed by atoms with van der Waals surface area (Å²) in [7, 11) is 0. The molecule has 4 nitrogen and oxygen atoms in total. The molecule has 0 unspecified atom stereocenters. The van der Waals surface area contributed by atoms with Gasteiger partial charge in [0.25, 0.3) is 5.91 Å². The van der Waals surface area contributed by atoms with E-state index in [0.29, 0.717) is 12.1 Å². The van der Waals surface area contributed by atoms with Gasteiger partial charge >= 0.3 is 0 Å². The fourth-order valence-corrected chi connectivity index (χ4v) is 3.90. The van der Waals surface area contributed by atoms with Crippen LogP contribution in [0.5, 0.6) is 0 Å². The third-order valence-electron chi connectivity index (χ3n) is 4.90. The molecule has 1 aromatic heterocycles.